The van der Waals surface area contributed by atoms with Crippen LogP contribution in [0.4, 0.5) is 0 Å². The van der Waals surface area contributed by atoms with Gasteiger partial charge in [-0.3, -0.25) is 0 Å². The quantitative estimate of drug-likeness (QED) is 0.556. The molecule has 0 aromatic heterocycles. The van der Waals surface area contributed by atoms with Crippen LogP contribution in [0.25, 0.3) is 0 Å². The number of hydrogen-bond acceptors (Lipinski definition) is 5. The summed E-state index contributed by atoms with van der Waals surface area (Å²) in [6, 6.07) is 0. The molecule has 0 aromatic carbocycles. The van der Waals surface area contributed by atoms with Gasteiger partial charge in [-0.1, -0.05) is 41.5 Å². The van der Waals surface area contributed by atoms with Crippen molar-refractivity contribution in [2.45, 2.75) is 41.5 Å². The Morgan fingerprint density at radius 3 is 1.26 bits per heavy atom. The summed E-state index contributed by atoms with van der Waals surface area (Å²) >= 11 is 0. The lowest BCUT2D eigenvalue weighted by molar-refractivity contribution is 0.164. The average molecular weight is 373 g/mol. The van der Waals surface area contributed by atoms with Gasteiger partial charge in [0.2, 0.25) is 20.0 Å². The van der Waals surface area contributed by atoms with Crippen molar-refractivity contribution >= 4 is 20.0 Å². The molecule has 0 unspecified atom stereocenters. The Balaban J connectivity index is 4.00. The summed E-state index contributed by atoms with van der Waals surface area (Å²) in [5, 5.41) is 0. The summed E-state index contributed by atoms with van der Waals surface area (Å²) in [5.41, 5.74) is -0.276. The highest BCUT2D eigenvalue weighted by molar-refractivity contribution is 7.89. The zero-order valence-corrected chi connectivity index (χ0v) is 16.7. The minimum atomic E-state index is -3.40. The summed E-state index contributed by atoms with van der Waals surface area (Å²) in [6.45, 7) is 12.2. The zero-order chi connectivity index (χ0) is 18.4. The van der Waals surface area contributed by atoms with Crippen LogP contribution in [0.5, 0.6) is 0 Å². The molecule has 0 radical (unpaired) electrons. The van der Waals surface area contributed by atoms with Gasteiger partial charge in [-0.25, -0.2) is 26.3 Å². The minimum absolute atomic E-state index is 0.0335. The molecule has 0 aliphatic heterocycles. The first-order valence-corrected chi connectivity index (χ1v) is 10.9. The molecule has 0 heterocycles. The predicted molar refractivity (Wildman–Crippen MR) is 93.3 cm³/mol. The fraction of sp³-hybridized carbons (Fsp3) is 1.00. The van der Waals surface area contributed by atoms with Gasteiger partial charge in [0, 0.05) is 13.1 Å². The van der Waals surface area contributed by atoms with Crippen LogP contribution in [-0.4, -0.2) is 54.6 Å². The smallest absolute Gasteiger partial charge is 0.213 e. The number of ether oxygens (including phenoxy) is 1. The lowest BCUT2D eigenvalue weighted by atomic mass is 9.98. The van der Waals surface area contributed by atoms with E-state index in [1.165, 1.54) is 0 Å². The molecule has 0 saturated carbocycles. The summed E-state index contributed by atoms with van der Waals surface area (Å²) in [7, 11) is -6.80. The summed E-state index contributed by atoms with van der Waals surface area (Å²) in [6.07, 6.45) is 0. The van der Waals surface area contributed by atoms with Gasteiger partial charge in [0.25, 0.3) is 0 Å². The van der Waals surface area contributed by atoms with E-state index in [0.29, 0.717) is 13.1 Å². The van der Waals surface area contributed by atoms with Gasteiger partial charge in [-0.15, -0.1) is 0 Å². The topological polar surface area (TPSA) is 102 Å². The number of nitrogens with one attached hydrogen (secondary N) is 2. The highest BCUT2D eigenvalue weighted by atomic mass is 32.2. The maximum atomic E-state index is 11.7. The van der Waals surface area contributed by atoms with Gasteiger partial charge in [0.05, 0.1) is 24.7 Å². The zero-order valence-electron chi connectivity index (χ0n) is 15.1. The molecule has 0 rings (SSSR count). The first kappa shape index (κ1) is 22.8. The molecule has 0 amide bonds. The van der Waals surface area contributed by atoms with Crippen molar-refractivity contribution in [3.63, 3.8) is 0 Å². The summed E-state index contributed by atoms with van der Waals surface area (Å²) < 4.78 is 57.1. The van der Waals surface area contributed by atoms with Crippen molar-refractivity contribution in [2.24, 2.45) is 10.8 Å². The van der Waals surface area contributed by atoms with Crippen molar-refractivity contribution in [2.75, 3.05) is 37.8 Å². The minimum Gasteiger partial charge on any atom is -0.379 e. The number of hydrogen-bond donors (Lipinski definition) is 2. The van der Waals surface area contributed by atoms with E-state index in [1.807, 2.05) is 41.5 Å². The van der Waals surface area contributed by atoms with Crippen molar-refractivity contribution in [3.8, 4) is 0 Å². The average Bonchev–Trinajstić information content (AvgIpc) is 2.32. The maximum absolute atomic E-state index is 11.7. The van der Waals surface area contributed by atoms with E-state index in [9.17, 15) is 16.8 Å². The molecule has 0 aliphatic carbocycles. The molecule has 9 heteroatoms. The largest absolute Gasteiger partial charge is 0.379 e. The van der Waals surface area contributed by atoms with E-state index >= 15 is 0 Å². The van der Waals surface area contributed by atoms with Crippen LogP contribution < -0.4 is 9.44 Å². The van der Waals surface area contributed by atoms with Crippen molar-refractivity contribution < 1.29 is 21.6 Å². The first-order chi connectivity index (χ1) is 10.1. The molecular weight excluding hydrogens is 340 g/mol. The molecule has 0 bridgehead atoms. The Labute approximate surface area is 141 Å². The van der Waals surface area contributed by atoms with Crippen LogP contribution in [-0.2, 0) is 24.8 Å². The van der Waals surface area contributed by atoms with Crippen molar-refractivity contribution in [3.05, 3.63) is 0 Å². The molecule has 7 nitrogen and oxygen atoms in total. The van der Waals surface area contributed by atoms with E-state index in [4.69, 9.17) is 4.74 Å². The SMILES string of the molecule is CC(C)(C)CNS(=O)(=O)CCOCCS(=O)(=O)NCC(C)(C)C. The number of rotatable bonds is 10. The van der Waals surface area contributed by atoms with Crippen LogP contribution in [0.2, 0.25) is 0 Å². The van der Waals surface area contributed by atoms with Gasteiger partial charge in [-0.05, 0) is 10.8 Å². The molecule has 2 N–H and O–H groups in total. The second-order valence-corrected chi connectivity index (χ2v) is 11.9. The molecule has 0 aromatic rings. The summed E-state index contributed by atoms with van der Waals surface area (Å²) in [4.78, 5) is 0. The van der Waals surface area contributed by atoms with E-state index in [-0.39, 0.29) is 35.5 Å². The molecule has 0 atom stereocenters. The third-order valence-corrected chi connectivity index (χ3v) is 5.21. The Kier molecular flexibility index (Phi) is 8.67. The van der Waals surface area contributed by atoms with Crippen LogP contribution in [0, 0.1) is 10.8 Å². The lowest BCUT2D eigenvalue weighted by Crippen LogP contribution is -2.36. The van der Waals surface area contributed by atoms with E-state index in [1.54, 1.807) is 0 Å². The highest BCUT2D eigenvalue weighted by Gasteiger charge is 2.18. The first-order valence-electron chi connectivity index (χ1n) is 7.64. The van der Waals surface area contributed by atoms with Gasteiger partial charge < -0.3 is 4.74 Å². The molecule has 0 fully saturated rings. The van der Waals surface area contributed by atoms with Crippen molar-refractivity contribution in [1.82, 2.24) is 9.44 Å². The lowest BCUT2D eigenvalue weighted by Gasteiger charge is -2.19. The van der Waals surface area contributed by atoms with Crippen LogP contribution >= 0.6 is 0 Å². The molecule has 0 aliphatic rings. The van der Waals surface area contributed by atoms with Gasteiger partial charge in [0.1, 0.15) is 0 Å². The fourth-order valence-electron chi connectivity index (χ4n) is 1.24. The molecule has 0 spiro atoms. The van der Waals surface area contributed by atoms with Crippen LogP contribution in [0.3, 0.4) is 0 Å². The van der Waals surface area contributed by atoms with E-state index in [0.717, 1.165) is 0 Å². The Morgan fingerprint density at radius 2 is 1.00 bits per heavy atom. The third kappa shape index (κ3) is 15.1. The van der Waals surface area contributed by atoms with E-state index < -0.39 is 20.0 Å². The predicted octanol–water partition coefficient (Wildman–Crippen LogP) is 0.934. The van der Waals surface area contributed by atoms with E-state index in [2.05, 4.69) is 9.44 Å². The highest BCUT2D eigenvalue weighted by Crippen LogP contribution is 2.11. The fourth-order valence-corrected chi connectivity index (χ4v) is 3.51. The Bertz CT molecular complexity index is 493. The molecule has 23 heavy (non-hydrogen) atoms. The normalized spacial score (nSPS) is 14.2. The monoisotopic (exact) mass is 372 g/mol. The standard InChI is InChI=1S/C14H32N2O5S2/c1-13(2,3)11-15-22(17,18)9-7-21-8-10-23(19,20)16-12-14(4,5)6/h15-16H,7-12H2,1-6H3. The second kappa shape index (κ2) is 8.75. The molecular formula is C14H32N2O5S2. The third-order valence-electron chi connectivity index (χ3n) is 2.64. The molecule has 0 saturated heterocycles. The van der Waals surface area contributed by atoms with Crippen LogP contribution in [0.1, 0.15) is 41.5 Å². The van der Waals surface area contributed by atoms with Crippen molar-refractivity contribution in [1.29, 1.82) is 0 Å². The van der Waals surface area contributed by atoms with Crippen LogP contribution in [0.15, 0.2) is 0 Å². The molecule has 140 valence electrons. The van der Waals surface area contributed by atoms with Gasteiger partial charge in [-0.2, -0.15) is 0 Å². The Hall–Kier alpha value is -0.220. The maximum Gasteiger partial charge on any atom is 0.213 e. The Morgan fingerprint density at radius 1 is 0.696 bits per heavy atom. The summed E-state index contributed by atoms with van der Waals surface area (Å²) in [5.74, 6) is -0.364. The second-order valence-electron chi connectivity index (χ2n) is 8.01. The van der Waals surface area contributed by atoms with Gasteiger partial charge >= 0.3 is 0 Å². The number of sulfonamides is 2. The van der Waals surface area contributed by atoms with Gasteiger partial charge in [0.15, 0.2) is 0 Å².